The molecule has 2 heterocycles. The van der Waals surface area contributed by atoms with E-state index in [2.05, 4.69) is 5.32 Å². The van der Waals surface area contributed by atoms with Crippen LogP contribution in [0.2, 0.25) is 0 Å². The number of ether oxygens (including phenoxy) is 1. The Hall–Kier alpha value is -1.76. The van der Waals surface area contributed by atoms with Crippen LogP contribution in [-0.2, 0) is 14.8 Å². The van der Waals surface area contributed by atoms with Crippen molar-refractivity contribution in [1.29, 1.82) is 0 Å². The van der Waals surface area contributed by atoms with Gasteiger partial charge in [0.1, 0.15) is 17.0 Å². The van der Waals surface area contributed by atoms with E-state index in [1.165, 1.54) is 14.1 Å². The molecule has 0 saturated carbocycles. The van der Waals surface area contributed by atoms with Crippen LogP contribution in [0.1, 0.15) is 13.8 Å². The van der Waals surface area contributed by atoms with Gasteiger partial charge >= 0.3 is 6.09 Å². The van der Waals surface area contributed by atoms with Crippen molar-refractivity contribution >= 4 is 56.3 Å². The van der Waals surface area contributed by atoms with E-state index in [1.807, 2.05) is 13.8 Å². The molecule has 1 N–H and O–H groups in total. The van der Waals surface area contributed by atoms with E-state index in [1.54, 1.807) is 0 Å². The van der Waals surface area contributed by atoms with Gasteiger partial charge in [-0.3, -0.25) is 4.90 Å². The predicted octanol–water partition coefficient (Wildman–Crippen LogP) is 2.51. The summed E-state index contributed by atoms with van der Waals surface area (Å²) in [4.78, 5) is 15.5. The van der Waals surface area contributed by atoms with Crippen molar-refractivity contribution in [1.82, 2.24) is 9.62 Å². The van der Waals surface area contributed by atoms with Crippen molar-refractivity contribution < 1.29 is 26.7 Å². The number of hydrogen-bond acceptors (Lipinski definition) is 6. The third-order valence-electron chi connectivity index (χ3n) is 5.30. The normalized spacial score (nSPS) is 20.1. The number of anilines is 2. The number of benzene rings is 1. The molecule has 2 fully saturated rings. The van der Waals surface area contributed by atoms with E-state index in [4.69, 9.17) is 28.6 Å². The maximum Gasteiger partial charge on any atom is 0.414 e. The molecule has 1 aromatic rings. The van der Waals surface area contributed by atoms with Crippen molar-refractivity contribution in [2.75, 3.05) is 54.3 Å². The lowest BCUT2D eigenvalue weighted by molar-refractivity contribution is 0.143. The van der Waals surface area contributed by atoms with Gasteiger partial charge in [-0.2, -0.15) is 4.31 Å². The summed E-state index contributed by atoms with van der Waals surface area (Å²) in [6, 6.07) is 2.16. The van der Waals surface area contributed by atoms with Crippen LogP contribution >= 0.6 is 23.8 Å². The van der Waals surface area contributed by atoms with Crippen LogP contribution in [0.5, 0.6) is 0 Å². The maximum absolute atomic E-state index is 14.9. The van der Waals surface area contributed by atoms with Gasteiger partial charge in [-0.15, -0.1) is 11.6 Å². The van der Waals surface area contributed by atoms with Gasteiger partial charge in [-0.25, -0.2) is 22.0 Å². The highest BCUT2D eigenvalue weighted by Crippen LogP contribution is 2.31. The minimum atomic E-state index is -3.58. The first-order valence-corrected chi connectivity index (χ1v) is 12.6. The number of cyclic esters (lactones) is 1. The topological polar surface area (TPSA) is 82.2 Å². The maximum atomic E-state index is 14.9. The van der Waals surface area contributed by atoms with Gasteiger partial charge < -0.3 is 15.0 Å². The number of rotatable bonds is 7. The van der Waals surface area contributed by atoms with Crippen molar-refractivity contribution in [2.24, 2.45) is 5.92 Å². The molecule has 0 aliphatic carbocycles. The van der Waals surface area contributed by atoms with Gasteiger partial charge in [0.25, 0.3) is 0 Å². The lowest BCUT2D eigenvalue weighted by Gasteiger charge is -2.35. The largest absolute Gasteiger partial charge is 0.442 e. The van der Waals surface area contributed by atoms with Crippen LogP contribution in [0, 0.1) is 17.6 Å². The molecule has 32 heavy (non-hydrogen) atoms. The third kappa shape index (κ3) is 5.41. The highest BCUT2D eigenvalue weighted by atomic mass is 35.5. The van der Waals surface area contributed by atoms with E-state index in [0.717, 1.165) is 12.1 Å². The zero-order chi connectivity index (χ0) is 23.6. The molecule has 3 rings (SSSR count). The number of sulfonamides is 1. The monoisotopic (exact) mass is 510 g/mol. The first kappa shape index (κ1) is 24.9. The van der Waals surface area contributed by atoms with E-state index in [9.17, 15) is 22.0 Å². The van der Waals surface area contributed by atoms with E-state index < -0.39 is 39.1 Å². The number of halogens is 3. The van der Waals surface area contributed by atoms with Gasteiger partial charge in [0, 0.05) is 44.2 Å². The Morgan fingerprint density at radius 1 is 1.25 bits per heavy atom. The summed E-state index contributed by atoms with van der Waals surface area (Å²) in [7, 11) is -3.58. The summed E-state index contributed by atoms with van der Waals surface area (Å²) in [5.74, 6) is -1.54. The van der Waals surface area contributed by atoms with E-state index in [0.29, 0.717) is 11.5 Å². The lowest BCUT2D eigenvalue weighted by Crippen LogP contribution is -2.49. The quantitative estimate of drug-likeness (QED) is 0.446. The molecular formula is C19H25ClF2N4O4S2. The predicted molar refractivity (Wildman–Crippen MR) is 123 cm³/mol. The second kappa shape index (κ2) is 10.0. The summed E-state index contributed by atoms with van der Waals surface area (Å²) < 4.78 is 59.9. The number of amides is 1. The fourth-order valence-electron chi connectivity index (χ4n) is 3.53. The molecule has 0 spiro atoms. The number of piperazine rings is 1. The van der Waals surface area contributed by atoms with Gasteiger partial charge in [0.2, 0.25) is 10.0 Å². The van der Waals surface area contributed by atoms with Crippen LogP contribution in [-0.4, -0.2) is 74.4 Å². The number of thiocarbonyl (C=S) groups is 1. The summed E-state index contributed by atoms with van der Waals surface area (Å²) in [5.41, 5.74) is -0.212. The fraction of sp³-hybridized carbons (Fsp3) is 0.579. The number of nitrogens with one attached hydrogen (secondary N) is 1. The van der Waals surface area contributed by atoms with Crippen LogP contribution in [0.25, 0.3) is 0 Å². The average Bonchev–Trinajstić information content (AvgIpc) is 3.12. The molecule has 8 nitrogen and oxygen atoms in total. The molecule has 178 valence electrons. The molecule has 1 atom stereocenters. The fourth-order valence-corrected chi connectivity index (χ4v) is 4.88. The van der Waals surface area contributed by atoms with Crippen molar-refractivity contribution in [3.05, 3.63) is 23.8 Å². The molecule has 0 unspecified atom stereocenters. The van der Waals surface area contributed by atoms with E-state index >= 15 is 0 Å². The minimum absolute atomic E-state index is 0.0473. The second-order valence-corrected chi connectivity index (χ2v) is 10.9. The number of carbonyl (C=O) groups excluding carboxylic acids is 1. The molecule has 0 aromatic heterocycles. The number of nitrogens with zero attached hydrogens (tertiary/aromatic N) is 3. The Morgan fingerprint density at radius 2 is 1.84 bits per heavy atom. The molecule has 2 aliphatic rings. The zero-order valence-electron chi connectivity index (χ0n) is 17.7. The number of carbonyl (C=O) groups is 1. The Labute approximate surface area is 196 Å². The van der Waals surface area contributed by atoms with Crippen molar-refractivity contribution in [2.45, 2.75) is 20.0 Å². The Morgan fingerprint density at radius 3 is 2.38 bits per heavy atom. The molecule has 0 bridgehead atoms. The summed E-state index contributed by atoms with van der Waals surface area (Å²) in [5, 5.41) is 2.48. The molecule has 13 heteroatoms. The van der Waals surface area contributed by atoms with Gasteiger partial charge in [-0.05, 0) is 0 Å². The van der Waals surface area contributed by atoms with Crippen molar-refractivity contribution in [3.8, 4) is 0 Å². The lowest BCUT2D eigenvalue weighted by atomic mass is 10.2. The zero-order valence-corrected chi connectivity index (χ0v) is 20.1. The highest BCUT2D eigenvalue weighted by molar-refractivity contribution is 7.90. The molecule has 1 amide bonds. The standard InChI is InChI=1S/C19H25ClF2N4O4S2/c1-12(2)18(31)23-9-14-10-26(19(27)30-14)13-7-15(21)17(16(22)8-13)24-3-5-25(6-4-24)32(28,29)11-20/h7-8,12,14H,3-6,9-11H2,1-2H3,(H,23,31)/t14-/m0/s1. The Kier molecular flexibility index (Phi) is 7.79. The first-order valence-electron chi connectivity index (χ1n) is 10.1. The Bertz CT molecular complexity index is 965. The summed E-state index contributed by atoms with van der Waals surface area (Å²) in [6.07, 6.45) is -1.21. The van der Waals surface area contributed by atoms with Gasteiger partial charge in [-0.1, -0.05) is 26.1 Å². The van der Waals surface area contributed by atoms with Crippen LogP contribution < -0.4 is 15.1 Å². The molecular weight excluding hydrogens is 486 g/mol. The Balaban J connectivity index is 1.69. The van der Waals surface area contributed by atoms with Crippen LogP contribution in [0.15, 0.2) is 12.1 Å². The molecule has 1 aromatic carbocycles. The SMILES string of the molecule is CC(C)C(=S)NC[C@H]1CN(c2cc(F)c(N3CCN(S(=O)(=O)CCl)CC3)c(F)c2)C(=O)O1. The number of hydrogen-bond donors (Lipinski definition) is 1. The van der Waals surface area contributed by atoms with Gasteiger partial charge in [0.05, 0.1) is 23.8 Å². The first-order chi connectivity index (χ1) is 15.0. The van der Waals surface area contributed by atoms with Gasteiger partial charge in [0.15, 0.2) is 11.6 Å². The molecule has 2 aliphatic heterocycles. The van der Waals surface area contributed by atoms with Crippen LogP contribution in [0.3, 0.4) is 0 Å². The van der Waals surface area contributed by atoms with Crippen LogP contribution in [0.4, 0.5) is 25.0 Å². The summed E-state index contributed by atoms with van der Waals surface area (Å²) >= 11 is 10.7. The molecule has 0 radical (unpaired) electrons. The molecule has 2 saturated heterocycles. The second-order valence-electron chi connectivity index (χ2n) is 7.88. The minimum Gasteiger partial charge on any atom is -0.442 e. The van der Waals surface area contributed by atoms with E-state index in [-0.39, 0.29) is 50.0 Å². The average molecular weight is 511 g/mol. The number of alkyl halides is 1. The highest BCUT2D eigenvalue weighted by Gasteiger charge is 2.34. The third-order valence-corrected chi connectivity index (χ3v) is 8.17. The summed E-state index contributed by atoms with van der Waals surface area (Å²) in [6.45, 7) is 4.66. The van der Waals surface area contributed by atoms with Crippen molar-refractivity contribution in [3.63, 3.8) is 0 Å². The smallest absolute Gasteiger partial charge is 0.414 e.